The first kappa shape index (κ1) is 15.2. The number of anilines is 1. The summed E-state index contributed by atoms with van der Waals surface area (Å²) in [5.41, 5.74) is 5.53. The van der Waals surface area contributed by atoms with Gasteiger partial charge in [-0.25, -0.2) is 4.98 Å². The van der Waals surface area contributed by atoms with E-state index < -0.39 is 4.92 Å². The first-order valence-electron chi connectivity index (χ1n) is 6.71. The summed E-state index contributed by atoms with van der Waals surface area (Å²) >= 11 is 0. The van der Waals surface area contributed by atoms with Crippen LogP contribution in [0.1, 0.15) is 23.2 Å². The predicted molar refractivity (Wildman–Crippen MR) is 75.8 cm³/mol. The first-order chi connectivity index (χ1) is 10.0. The van der Waals surface area contributed by atoms with Crippen molar-refractivity contribution in [3.8, 4) is 0 Å². The molecule has 0 radical (unpaired) electrons. The fraction of sp³-hybridized carbons (Fsp3) is 0.538. The fourth-order valence-electron chi connectivity index (χ4n) is 2.44. The predicted octanol–water partition coefficient (Wildman–Crippen LogP) is 1.07. The van der Waals surface area contributed by atoms with E-state index in [1.165, 1.54) is 6.07 Å². The Labute approximate surface area is 122 Å². The smallest absolute Gasteiger partial charge is 0.288 e. The standard InChI is InChI=1S/C13H18N4O4/c1-21-8-9-2-4-16(5-3-9)13(18)11-6-10(17(19)20)7-15-12(11)14/h6-7,9H,2-5,8H2,1H3,(H2,14,15). The molecule has 0 spiro atoms. The van der Waals surface area contributed by atoms with E-state index in [0.29, 0.717) is 25.6 Å². The van der Waals surface area contributed by atoms with Gasteiger partial charge in [-0.3, -0.25) is 14.9 Å². The monoisotopic (exact) mass is 294 g/mol. The van der Waals surface area contributed by atoms with E-state index in [4.69, 9.17) is 10.5 Å². The molecular weight excluding hydrogens is 276 g/mol. The Morgan fingerprint density at radius 1 is 1.57 bits per heavy atom. The molecule has 114 valence electrons. The lowest BCUT2D eigenvalue weighted by molar-refractivity contribution is -0.385. The number of hydrogen-bond acceptors (Lipinski definition) is 6. The summed E-state index contributed by atoms with van der Waals surface area (Å²) in [5, 5.41) is 10.8. The summed E-state index contributed by atoms with van der Waals surface area (Å²) in [4.78, 5) is 28.0. The van der Waals surface area contributed by atoms with Crippen molar-refractivity contribution in [1.82, 2.24) is 9.88 Å². The van der Waals surface area contributed by atoms with Crippen molar-refractivity contribution in [2.45, 2.75) is 12.8 Å². The molecule has 8 heteroatoms. The van der Waals surface area contributed by atoms with Gasteiger partial charge in [-0.15, -0.1) is 0 Å². The highest BCUT2D eigenvalue weighted by atomic mass is 16.6. The molecule has 0 atom stereocenters. The van der Waals surface area contributed by atoms with Crippen molar-refractivity contribution in [1.29, 1.82) is 0 Å². The number of rotatable bonds is 4. The lowest BCUT2D eigenvalue weighted by atomic mass is 9.97. The molecule has 2 heterocycles. The van der Waals surface area contributed by atoms with Gasteiger partial charge in [0, 0.05) is 32.9 Å². The van der Waals surface area contributed by atoms with E-state index in [1.54, 1.807) is 12.0 Å². The number of piperidine rings is 1. The summed E-state index contributed by atoms with van der Waals surface area (Å²) in [6.07, 6.45) is 2.75. The molecular formula is C13H18N4O4. The van der Waals surface area contributed by atoms with Gasteiger partial charge in [0.2, 0.25) is 0 Å². The average Bonchev–Trinajstić information content (AvgIpc) is 2.48. The summed E-state index contributed by atoms with van der Waals surface area (Å²) in [6, 6.07) is 1.19. The molecule has 1 aliphatic rings. The number of amides is 1. The number of nitrogens with zero attached hydrogens (tertiary/aromatic N) is 3. The number of nitro groups is 1. The summed E-state index contributed by atoms with van der Waals surface area (Å²) in [6.45, 7) is 1.87. The summed E-state index contributed by atoms with van der Waals surface area (Å²) < 4.78 is 5.11. The zero-order valence-electron chi connectivity index (χ0n) is 11.8. The number of nitrogen functional groups attached to an aromatic ring is 1. The van der Waals surface area contributed by atoms with E-state index in [0.717, 1.165) is 19.0 Å². The van der Waals surface area contributed by atoms with Crippen LogP contribution in [0.3, 0.4) is 0 Å². The second kappa shape index (κ2) is 6.49. The Bertz CT molecular complexity index is 541. The highest BCUT2D eigenvalue weighted by Crippen LogP contribution is 2.22. The third kappa shape index (κ3) is 3.46. The van der Waals surface area contributed by atoms with Crippen molar-refractivity contribution in [3.05, 3.63) is 27.9 Å². The second-order valence-corrected chi connectivity index (χ2v) is 5.07. The zero-order valence-corrected chi connectivity index (χ0v) is 11.8. The van der Waals surface area contributed by atoms with E-state index in [2.05, 4.69) is 4.98 Å². The average molecular weight is 294 g/mol. The molecule has 0 bridgehead atoms. The SMILES string of the molecule is COCC1CCN(C(=O)c2cc([N+](=O)[O-])cnc2N)CC1. The third-order valence-electron chi connectivity index (χ3n) is 3.65. The Kier molecular flexibility index (Phi) is 4.69. The number of hydrogen-bond donors (Lipinski definition) is 1. The van der Waals surface area contributed by atoms with Crippen LogP contribution in [-0.4, -0.2) is 47.5 Å². The van der Waals surface area contributed by atoms with E-state index in [1.807, 2.05) is 0 Å². The number of pyridine rings is 1. The van der Waals surface area contributed by atoms with Crippen LogP contribution in [0.5, 0.6) is 0 Å². The van der Waals surface area contributed by atoms with Gasteiger partial charge in [0.05, 0.1) is 10.5 Å². The largest absolute Gasteiger partial charge is 0.384 e. The molecule has 0 aromatic carbocycles. The van der Waals surface area contributed by atoms with Gasteiger partial charge in [-0.2, -0.15) is 0 Å². The van der Waals surface area contributed by atoms with Crippen molar-refractivity contribution in [2.24, 2.45) is 5.92 Å². The molecule has 8 nitrogen and oxygen atoms in total. The van der Waals surface area contributed by atoms with Crippen LogP contribution in [-0.2, 0) is 4.74 Å². The number of aromatic nitrogens is 1. The van der Waals surface area contributed by atoms with Crippen LogP contribution in [0, 0.1) is 16.0 Å². The van der Waals surface area contributed by atoms with E-state index in [9.17, 15) is 14.9 Å². The lowest BCUT2D eigenvalue weighted by Crippen LogP contribution is -2.39. The molecule has 21 heavy (non-hydrogen) atoms. The van der Waals surface area contributed by atoms with Crippen molar-refractivity contribution < 1.29 is 14.5 Å². The topological polar surface area (TPSA) is 112 Å². The number of likely N-dealkylation sites (tertiary alicyclic amines) is 1. The molecule has 0 aliphatic carbocycles. The van der Waals surface area contributed by atoms with Crippen molar-refractivity contribution >= 4 is 17.4 Å². The molecule has 1 amide bonds. The van der Waals surface area contributed by atoms with Gasteiger partial charge >= 0.3 is 0 Å². The summed E-state index contributed by atoms with van der Waals surface area (Å²) in [5.74, 6) is 0.156. The molecule has 1 aromatic heterocycles. The molecule has 1 aliphatic heterocycles. The lowest BCUT2D eigenvalue weighted by Gasteiger charge is -2.31. The second-order valence-electron chi connectivity index (χ2n) is 5.07. The zero-order chi connectivity index (χ0) is 15.4. The highest BCUT2D eigenvalue weighted by Gasteiger charge is 2.26. The normalized spacial score (nSPS) is 16.0. The van der Waals surface area contributed by atoms with Crippen LogP contribution in [0.25, 0.3) is 0 Å². The van der Waals surface area contributed by atoms with Crippen LogP contribution >= 0.6 is 0 Å². The summed E-state index contributed by atoms with van der Waals surface area (Å²) in [7, 11) is 1.66. The number of carbonyl (C=O) groups excluding carboxylic acids is 1. The minimum absolute atomic E-state index is 0.0182. The highest BCUT2D eigenvalue weighted by molar-refractivity contribution is 5.98. The van der Waals surface area contributed by atoms with Gasteiger partial charge in [-0.1, -0.05) is 0 Å². The fourth-order valence-corrected chi connectivity index (χ4v) is 2.44. The number of methoxy groups -OCH3 is 1. The molecule has 0 saturated carbocycles. The Balaban J connectivity index is 2.10. The first-order valence-corrected chi connectivity index (χ1v) is 6.71. The third-order valence-corrected chi connectivity index (χ3v) is 3.65. The molecule has 0 unspecified atom stereocenters. The molecule has 1 saturated heterocycles. The van der Waals surface area contributed by atoms with Crippen LogP contribution in [0.2, 0.25) is 0 Å². The molecule has 1 fully saturated rings. The van der Waals surface area contributed by atoms with Gasteiger partial charge in [0.25, 0.3) is 11.6 Å². The van der Waals surface area contributed by atoms with Crippen molar-refractivity contribution in [2.75, 3.05) is 32.5 Å². The molecule has 2 N–H and O–H groups in total. The minimum atomic E-state index is -0.589. The Morgan fingerprint density at radius 3 is 2.81 bits per heavy atom. The number of carbonyl (C=O) groups is 1. The van der Waals surface area contributed by atoms with Crippen LogP contribution < -0.4 is 5.73 Å². The van der Waals surface area contributed by atoms with Gasteiger partial charge < -0.3 is 15.4 Å². The van der Waals surface area contributed by atoms with Gasteiger partial charge in [0.1, 0.15) is 12.0 Å². The Hall–Kier alpha value is -2.22. The molecule has 2 rings (SSSR count). The van der Waals surface area contributed by atoms with Gasteiger partial charge in [-0.05, 0) is 18.8 Å². The van der Waals surface area contributed by atoms with E-state index in [-0.39, 0.29) is 23.0 Å². The minimum Gasteiger partial charge on any atom is -0.384 e. The Morgan fingerprint density at radius 2 is 2.24 bits per heavy atom. The maximum absolute atomic E-state index is 12.4. The van der Waals surface area contributed by atoms with E-state index >= 15 is 0 Å². The van der Waals surface area contributed by atoms with Gasteiger partial charge in [0.15, 0.2) is 0 Å². The molecule has 1 aromatic rings. The van der Waals surface area contributed by atoms with Crippen molar-refractivity contribution in [3.63, 3.8) is 0 Å². The number of ether oxygens (including phenoxy) is 1. The quantitative estimate of drug-likeness (QED) is 0.656. The van der Waals surface area contributed by atoms with Crippen LogP contribution in [0.4, 0.5) is 11.5 Å². The number of nitrogens with two attached hydrogens (primary N) is 1. The maximum atomic E-state index is 12.4. The maximum Gasteiger partial charge on any atom is 0.288 e. The van der Waals surface area contributed by atoms with Crippen LogP contribution in [0.15, 0.2) is 12.3 Å².